The number of rotatable bonds is 8. The highest BCUT2D eigenvalue weighted by atomic mass is 16.5. The molecule has 2 unspecified atom stereocenters. The van der Waals surface area contributed by atoms with Gasteiger partial charge in [0.05, 0.1) is 19.2 Å². The Morgan fingerprint density at radius 2 is 2.12 bits per heavy atom. The van der Waals surface area contributed by atoms with Crippen LogP contribution in [0, 0.1) is 11.3 Å². The van der Waals surface area contributed by atoms with Crippen molar-refractivity contribution in [3.8, 4) is 6.07 Å². The molecule has 0 bridgehead atoms. The first-order chi connectivity index (χ1) is 11.7. The lowest BCUT2D eigenvalue weighted by Crippen LogP contribution is -2.56. The van der Waals surface area contributed by atoms with Gasteiger partial charge in [-0.25, -0.2) is 0 Å². The van der Waals surface area contributed by atoms with Crippen molar-refractivity contribution in [1.82, 2.24) is 4.90 Å². The van der Waals surface area contributed by atoms with Crippen LogP contribution >= 0.6 is 0 Å². The summed E-state index contributed by atoms with van der Waals surface area (Å²) in [6.07, 6.45) is 4.08. The second-order valence-electron chi connectivity index (χ2n) is 6.26. The summed E-state index contributed by atoms with van der Waals surface area (Å²) in [6, 6.07) is 12.7. The molecule has 4 heteroatoms. The van der Waals surface area contributed by atoms with Crippen LogP contribution in [0.15, 0.2) is 42.7 Å². The van der Waals surface area contributed by atoms with Crippen molar-refractivity contribution in [2.75, 3.05) is 20.3 Å². The van der Waals surface area contributed by atoms with Gasteiger partial charge in [-0.1, -0.05) is 43.3 Å². The predicted octanol–water partition coefficient (Wildman–Crippen LogP) is 3.89. The summed E-state index contributed by atoms with van der Waals surface area (Å²) < 4.78 is 11.8. The zero-order valence-corrected chi connectivity index (χ0v) is 14.8. The van der Waals surface area contributed by atoms with E-state index in [2.05, 4.69) is 29.7 Å². The molecular formula is C20H28N2O2. The van der Waals surface area contributed by atoms with Crippen molar-refractivity contribution in [2.24, 2.45) is 0 Å². The van der Waals surface area contributed by atoms with E-state index in [1.54, 1.807) is 7.11 Å². The molecule has 0 aromatic heterocycles. The molecule has 1 aromatic rings. The smallest absolute Gasteiger partial charge is 0.139 e. The maximum Gasteiger partial charge on any atom is 0.139 e. The van der Waals surface area contributed by atoms with Crippen molar-refractivity contribution in [2.45, 2.75) is 50.8 Å². The minimum atomic E-state index is -0.542. The highest BCUT2D eigenvalue weighted by molar-refractivity contribution is 5.18. The topological polar surface area (TPSA) is 45.5 Å². The average molecular weight is 328 g/mol. The van der Waals surface area contributed by atoms with Gasteiger partial charge in [-0.15, -0.1) is 0 Å². The van der Waals surface area contributed by atoms with Gasteiger partial charge in [0.25, 0.3) is 0 Å². The molecule has 24 heavy (non-hydrogen) atoms. The molecule has 0 spiro atoms. The highest BCUT2D eigenvalue weighted by Crippen LogP contribution is 2.40. The fourth-order valence-corrected chi connectivity index (χ4v) is 3.76. The van der Waals surface area contributed by atoms with E-state index in [1.807, 2.05) is 25.1 Å². The number of methoxy groups -OCH3 is 1. The third-order valence-electron chi connectivity index (χ3n) is 4.91. The molecule has 4 nitrogen and oxygen atoms in total. The van der Waals surface area contributed by atoms with Crippen molar-refractivity contribution in [1.29, 1.82) is 5.26 Å². The molecule has 0 N–H and O–H groups in total. The summed E-state index contributed by atoms with van der Waals surface area (Å²) in [5.41, 5.74) is 0.658. The third-order valence-corrected chi connectivity index (χ3v) is 4.91. The lowest BCUT2D eigenvalue weighted by Gasteiger charge is -2.48. The van der Waals surface area contributed by atoms with Gasteiger partial charge < -0.3 is 9.47 Å². The lowest BCUT2D eigenvalue weighted by molar-refractivity contribution is -0.104. The Kier molecular flexibility index (Phi) is 6.84. The number of nitriles is 1. The van der Waals surface area contributed by atoms with Gasteiger partial charge in [-0.2, -0.15) is 5.26 Å². The van der Waals surface area contributed by atoms with Crippen LogP contribution in [0.4, 0.5) is 0 Å². The number of ether oxygens (including phenoxy) is 2. The van der Waals surface area contributed by atoms with Gasteiger partial charge in [0.15, 0.2) is 0 Å². The normalized spacial score (nSPS) is 23.7. The molecule has 0 heterocycles. The van der Waals surface area contributed by atoms with Crippen molar-refractivity contribution in [3.63, 3.8) is 0 Å². The van der Waals surface area contributed by atoms with Crippen LogP contribution in [0.25, 0.3) is 0 Å². The first kappa shape index (κ1) is 18.5. The highest BCUT2D eigenvalue weighted by Gasteiger charge is 2.47. The van der Waals surface area contributed by atoms with Crippen LogP contribution in [0.3, 0.4) is 0 Å². The van der Waals surface area contributed by atoms with Crippen LogP contribution < -0.4 is 0 Å². The molecule has 0 amide bonds. The summed E-state index contributed by atoms with van der Waals surface area (Å²) >= 11 is 0. The first-order valence-electron chi connectivity index (χ1n) is 8.70. The molecule has 1 aromatic carbocycles. The number of hydrogen-bond acceptors (Lipinski definition) is 4. The average Bonchev–Trinajstić information content (AvgIpc) is 2.62. The van der Waals surface area contributed by atoms with Crippen LogP contribution in [0.2, 0.25) is 0 Å². The molecule has 1 saturated carbocycles. The molecule has 1 aliphatic carbocycles. The monoisotopic (exact) mass is 328 g/mol. The van der Waals surface area contributed by atoms with Gasteiger partial charge in [-0.05, 0) is 31.7 Å². The Bertz CT molecular complexity index is 567. The molecule has 130 valence electrons. The molecule has 0 radical (unpaired) electrons. The van der Waals surface area contributed by atoms with E-state index in [0.29, 0.717) is 18.9 Å². The van der Waals surface area contributed by atoms with Gasteiger partial charge in [-0.3, -0.25) is 4.90 Å². The van der Waals surface area contributed by atoms with Crippen LogP contribution in [0.1, 0.15) is 38.2 Å². The fourth-order valence-electron chi connectivity index (χ4n) is 3.76. The van der Waals surface area contributed by atoms with Crippen molar-refractivity contribution in [3.05, 3.63) is 48.2 Å². The van der Waals surface area contributed by atoms with E-state index >= 15 is 0 Å². The van der Waals surface area contributed by atoms with Crippen LogP contribution in [-0.4, -0.2) is 36.8 Å². The van der Waals surface area contributed by atoms with Gasteiger partial charge in [0, 0.05) is 19.7 Å². The van der Waals surface area contributed by atoms with Gasteiger partial charge in [0.1, 0.15) is 11.4 Å². The molecule has 0 saturated heterocycles. The molecule has 0 aliphatic heterocycles. The Balaban J connectivity index is 2.30. The molecule has 1 fully saturated rings. The van der Waals surface area contributed by atoms with Crippen molar-refractivity contribution >= 4 is 0 Å². The second kappa shape index (κ2) is 8.86. The Hall–Kier alpha value is -1.83. The van der Waals surface area contributed by atoms with Crippen molar-refractivity contribution < 1.29 is 9.47 Å². The fraction of sp³-hybridized carbons (Fsp3) is 0.550. The third kappa shape index (κ3) is 3.98. The largest absolute Gasteiger partial charge is 0.496 e. The van der Waals surface area contributed by atoms with E-state index in [9.17, 15) is 5.26 Å². The number of benzene rings is 1. The molecular weight excluding hydrogens is 300 g/mol. The zero-order valence-electron chi connectivity index (χ0n) is 14.8. The Morgan fingerprint density at radius 1 is 1.38 bits per heavy atom. The summed E-state index contributed by atoms with van der Waals surface area (Å²) in [7, 11) is 1.73. The molecule has 2 rings (SSSR count). The van der Waals surface area contributed by atoms with Gasteiger partial charge >= 0.3 is 0 Å². The predicted molar refractivity (Wildman–Crippen MR) is 95.2 cm³/mol. The zero-order chi connectivity index (χ0) is 17.4. The van der Waals surface area contributed by atoms with E-state index < -0.39 is 5.60 Å². The summed E-state index contributed by atoms with van der Waals surface area (Å²) in [4.78, 5) is 2.21. The summed E-state index contributed by atoms with van der Waals surface area (Å²) in [6.45, 7) is 7.78. The summed E-state index contributed by atoms with van der Waals surface area (Å²) in [5.74, 6) is 0.688. The molecule has 2 atom stereocenters. The standard InChI is InChI=1S/C20H28N2O2/c1-4-24-17(2)20(23-3)13-9-8-12-19(20)22(15-14-21)16-18-10-6-5-7-11-18/h5-7,10-11,19H,2,4,8-9,12-13,15-16H2,1,3H3. The quantitative estimate of drug-likeness (QED) is 0.536. The van der Waals surface area contributed by atoms with Crippen LogP contribution in [0.5, 0.6) is 0 Å². The van der Waals surface area contributed by atoms with Gasteiger partial charge in [0.2, 0.25) is 0 Å². The summed E-state index contributed by atoms with van der Waals surface area (Å²) in [5, 5.41) is 9.34. The van der Waals surface area contributed by atoms with E-state index in [0.717, 1.165) is 32.2 Å². The van der Waals surface area contributed by atoms with E-state index in [4.69, 9.17) is 9.47 Å². The molecule has 1 aliphatic rings. The first-order valence-corrected chi connectivity index (χ1v) is 8.70. The number of hydrogen-bond donors (Lipinski definition) is 0. The number of nitrogens with zero attached hydrogens (tertiary/aromatic N) is 2. The minimum absolute atomic E-state index is 0.0927. The lowest BCUT2D eigenvalue weighted by atomic mass is 9.77. The van der Waals surface area contributed by atoms with E-state index in [1.165, 1.54) is 5.56 Å². The van der Waals surface area contributed by atoms with E-state index in [-0.39, 0.29) is 6.04 Å². The maximum absolute atomic E-state index is 9.34. The Morgan fingerprint density at radius 3 is 2.75 bits per heavy atom. The Labute approximate surface area is 145 Å². The van der Waals surface area contributed by atoms with Crippen LogP contribution in [-0.2, 0) is 16.0 Å². The SMILES string of the molecule is C=C(OCC)C1(OC)CCCCC1N(CC#N)Cc1ccccc1. The minimum Gasteiger partial charge on any atom is -0.496 e. The maximum atomic E-state index is 9.34. The second-order valence-corrected chi connectivity index (χ2v) is 6.26.